The molecule has 12 nitrogen and oxygen atoms in total. The summed E-state index contributed by atoms with van der Waals surface area (Å²) in [6.07, 6.45) is 1.45. The maximum atomic E-state index is 13.8. The third-order valence-corrected chi connectivity index (χ3v) is 7.59. The predicted molar refractivity (Wildman–Crippen MR) is 138 cm³/mol. The summed E-state index contributed by atoms with van der Waals surface area (Å²) in [6, 6.07) is -3.46. The van der Waals surface area contributed by atoms with E-state index in [1.54, 1.807) is 6.92 Å². The molecule has 2 fully saturated rings. The zero-order chi connectivity index (χ0) is 28.7. The molecule has 0 aliphatic carbocycles. The molecule has 0 radical (unpaired) electrons. The van der Waals surface area contributed by atoms with Crippen LogP contribution in [0.3, 0.4) is 0 Å². The fraction of sp³-hybridized carbons (Fsp3) is 0.769. The van der Waals surface area contributed by atoms with Crippen molar-refractivity contribution in [3.05, 3.63) is 0 Å². The quantitative estimate of drug-likeness (QED) is 0.478. The maximum absolute atomic E-state index is 13.8. The van der Waals surface area contributed by atoms with Gasteiger partial charge in [0.1, 0.15) is 24.2 Å². The van der Waals surface area contributed by atoms with E-state index in [4.69, 9.17) is 4.74 Å². The number of fused-ring (bicyclic) bond motifs is 1. The number of esters is 1. The Labute approximate surface area is 224 Å². The second kappa shape index (κ2) is 13.6. The first-order valence-electron chi connectivity index (χ1n) is 13.4. The van der Waals surface area contributed by atoms with Gasteiger partial charge in [0.05, 0.1) is 6.42 Å². The predicted octanol–water partition coefficient (Wildman–Crippen LogP) is -0.0987. The van der Waals surface area contributed by atoms with Crippen molar-refractivity contribution in [1.82, 2.24) is 25.3 Å². The standard InChI is InChI=1S/C26H43N5O7/c1-8-16(4)21-25(36)30(7)22(15(2)3)26(37)29(6)17(5)23(34)27-12-11-20(33)38-14-19(32)31-13-9-10-18(31)24(35)28-21/h15-18,21-22H,8-14H2,1-7H3,(H,27,34)(H,28,35)/t16-,17-,18-,21-,22-/m0/s1. The van der Waals surface area contributed by atoms with Crippen LogP contribution < -0.4 is 10.6 Å². The third-order valence-electron chi connectivity index (χ3n) is 7.59. The average molecular weight is 538 g/mol. The van der Waals surface area contributed by atoms with Gasteiger partial charge in [0.25, 0.3) is 5.91 Å². The summed E-state index contributed by atoms with van der Waals surface area (Å²) in [5.41, 5.74) is 0. The van der Waals surface area contributed by atoms with E-state index in [1.165, 1.54) is 28.8 Å². The number of ether oxygens (including phenoxy) is 1. The van der Waals surface area contributed by atoms with Crippen molar-refractivity contribution in [1.29, 1.82) is 0 Å². The van der Waals surface area contributed by atoms with Gasteiger partial charge >= 0.3 is 5.97 Å². The number of carbonyl (C=O) groups is 6. The summed E-state index contributed by atoms with van der Waals surface area (Å²) in [6.45, 7) is 8.70. The van der Waals surface area contributed by atoms with E-state index in [1.807, 2.05) is 27.7 Å². The first-order valence-corrected chi connectivity index (χ1v) is 13.4. The Hall–Kier alpha value is -3.18. The highest BCUT2D eigenvalue weighted by molar-refractivity contribution is 5.96. The lowest BCUT2D eigenvalue weighted by Gasteiger charge is -2.38. The molecule has 0 aromatic carbocycles. The van der Waals surface area contributed by atoms with E-state index in [9.17, 15) is 28.8 Å². The largest absolute Gasteiger partial charge is 0.456 e. The van der Waals surface area contributed by atoms with Crippen molar-refractivity contribution in [2.24, 2.45) is 11.8 Å². The number of carbonyl (C=O) groups excluding carboxylic acids is 6. The third kappa shape index (κ3) is 7.22. The van der Waals surface area contributed by atoms with Gasteiger partial charge in [-0.25, -0.2) is 0 Å². The summed E-state index contributed by atoms with van der Waals surface area (Å²) in [4.78, 5) is 82.2. The van der Waals surface area contributed by atoms with Crippen LogP contribution >= 0.6 is 0 Å². The van der Waals surface area contributed by atoms with Gasteiger partial charge in [0, 0.05) is 27.2 Å². The molecule has 0 bridgehead atoms. The Morgan fingerprint density at radius 1 is 0.974 bits per heavy atom. The average Bonchev–Trinajstić information content (AvgIpc) is 3.38. The Kier molecular flexibility index (Phi) is 11.1. The molecule has 214 valence electrons. The molecule has 0 spiro atoms. The van der Waals surface area contributed by atoms with Gasteiger partial charge in [0.15, 0.2) is 6.61 Å². The van der Waals surface area contributed by atoms with Crippen LogP contribution in [0.2, 0.25) is 0 Å². The number of cyclic esters (lactones) is 1. The van der Waals surface area contributed by atoms with Crippen LogP contribution in [0.15, 0.2) is 0 Å². The van der Waals surface area contributed by atoms with Crippen LogP contribution in [0.1, 0.15) is 60.3 Å². The fourth-order valence-corrected chi connectivity index (χ4v) is 4.83. The van der Waals surface area contributed by atoms with Crippen LogP contribution in [-0.2, 0) is 33.5 Å². The van der Waals surface area contributed by atoms with Crippen LogP contribution in [0, 0.1) is 11.8 Å². The molecular formula is C26H43N5O7. The molecule has 5 amide bonds. The molecule has 2 rings (SSSR count). The van der Waals surface area contributed by atoms with Gasteiger partial charge in [-0.3, -0.25) is 28.8 Å². The molecule has 38 heavy (non-hydrogen) atoms. The van der Waals surface area contributed by atoms with Crippen LogP contribution in [-0.4, -0.2) is 108 Å². The molecule has 2 N–H and O–H groups in total. The second-order valence-electron chi connectivity index (χ2n) is 10.6. The van der Waals surface area contributed by atoms with Crippen molar-refractivity contribution >= 4 is 35.5 Å². The summed E-state index contributed by atoms with van der Waals surface area (Å²) in [7, 11) is 3.02. The van der Waals surface area contributed by atoms with Crippen molar-refractivity contribution < 1.29 is 33.5 Å². The van der Waals surface area contributed by atoms with Crippen molar-refractivity contribution in [2.45, 2.75) is 84.5 Å². The number of rotatable bonds is 3. The second-order valence-corrected chi connectivity index (χ2v) is 10.6. The van der Waals surface area contributed by atoms with E-state index < -0.39 is 66.3 Å². The summed E-state index contributed by atoms with van der Waals surface area (Å²) < 4.78 is 5.07. The molecule has 0 aromatic rings. The Bertz CT molecular complexity index is 924. The zero-order valence-electron chi connectivity index (χ0n) is 23.6. The van der Waals surface area contributed by atoms with E-state index >= 15 is 0 Å². The van der Waals surface area contributed by atoms with Gasteiger partial charge in [-0.15, -0.1) is 0 Å². The number of hydrogen-bond donors (Lipinski definition) is 2. The van der Waals surface area contributed by atoms with Crippen molar-refractivity contribution in [3.8, 4) is 0 Å². The molecule has 2 aliphatic heterocycles. The van der Waals surface area contributed by atoms with E-state index in [-0.39, 0.29) is 24.8 Å². The lowest BCUT2D eigenvalue weighted by atomic mass is 9.94. The fourth-order valence-electron chi connectivity index (χ4n) is 4.83. The lowest BCUT2D eigenvalue weighted by molar-refractivity contribution is -0.153. The minimum atomic E-state index is -0.921. The molecule has 0 aromatic heterocycles. The smallest absolute Gasteiger partial charge is 0.308 e. The lowest BCUT2D eigenvalue weighted by Crippen LogP contribution is -2.60. The Morgan fingerprint density at radius 2 is 1.63 bits per heavy atom. The minimum absolute atomic E-state index is 0.0322. The summed E-state index contributed by atoms with van der Waals surface area (Å²) in [5.74, 6) is -3.47. The van der Waals surface area contributed by atoms with E-state index in [2.05, 4.69) is 10.6 Å². The summed E-state index contributed by atoms with van der Waals surface area (Å²) in [5, 5.41) is 5.45. The molecule has 5 atom stereocenters. The minimum Gasteiger partial charge on any atom is -0.456 e. The van der Waals surface area contributed by atoms with Gasteiger partial charge in [0.2, 0.25) is 23.6 Å². The number of amides is 5. The summed E-state index contributed by atoms with van der Waals surface area (Å²) >= 11 is 0. The number of nitrogens with zero attached hydrogens (tertiary/aromatic N) is 3. The molecular weight excluding hydrogens is 494 g/mol. The molecule has 0 unspecified atom stereocenters. The number of hydrogen-bond acceptors (Lipinski definition) is 7. The van der Waals surface area contributed by atoms with Gasteiger partial charge in [-0.2, -0.15) is 0 Å². The van der Waals surface area contributed by atoms with E-state index in [0.717, 1.165) is 0 Å². The van der Waals surface area contributed by atoms with Gasteiger partial charge in [-0.05, 0) is 31.6 Å². The number of nitrogens with one attached hydrogen (secondary N) is 2. The molecule has 2 heterocycles. The molecule has 2 aliphatic rings. The van der Waals surface area contributed by atoms with E-state index in [0.29, 0.717) is 25.8 Å². The van der Waals surface area contributed by atoms with Crippen LogP contribution in [0.4, 0.5) is 0 Å². The zero-order valence-corrected chi connectivity index (χ0v) is 23.6. The highest BCUT2D eigenvalue weighted by atomic mass is 16.5. The molecule has 2 saturated heterocycles. The highest BCUT2D eigenvalue weighted by Crippen LogP contribution is 2.21. The Balaban J connectivity index is 2.45. The Morgan fingerprint density at radius 3 is 2.24 bits per heavy atom. The monoisotopic (exact) mass is 537 g/mol. The highest BCUT2D eigenvalue weighted by Gasteiger charge is 2.41. The first-order chi connectivity index (χ1) is 17.8. The van der Waals surface area contributed by atoms with Crippen LogP contribution in [0.25, 0.3) is 0 Å². The van der Waals surface area contributed by atoms with Gasteiger partial charge < -0.3 is 30.1 Å². The van der Waals surface area contributed by atoms with Gasteiger partial charge in [-0.1, -0.05) is 34.1 Å². The topological polar surface area (TPSA) is 145 Å². The van der Waals surface area contributed by atoms with Crippen LogP contribution in [0.5, 0.6) is 0 Å². The normalized spacial score (nSPS) is 28.3. The molecule has 0 saturated carbocycles. The SMILES string of the molecule is CC[C@H](C)[C@@H]1NC(=O)[C@@H]2CCCN2C(=O)COC(=O)CCNC(=O)[C@H](C)N(C)C(=O)[C@H](C(C)C)N(C)C1=O. The van der Waals surface area contributed by atoms with Crippen molar-refractivity contribution in [2.75, 3.05) is 33.8 Å². The molecule has 12 heteroatoms. The maximum Gasteiger partial charge on any atom is 0.308 e. The number of likely N-dealkylation sites (N-methyl/N-ethyl adjacent to an activating group) is 2. The first kappa shape index (κ1) is 31.0. The van der Waals surface area contributed by atoms with Crippen molar-refractivity contribution in [3.63, 3.8) is 0 Å².